The predicted octanol–water partition coefficient (Wildman–Crippen LogP) is 3.21. The van der Waals surface area contributed by atoms with Crippen LogP contribution in [0.4, 0.5) is 10.5 Å². The lowest BCUT2D eigenvalue weighted by Gasteiger charge is -2.20. The first-order valence-electron chi connectivity index (χ1n) is 5.24. The Morgan fingerprint density at radius 1 is 1.35 bits per heavy atom. The molecule has 0 saturated carbocycles. The molecule has 0 saturated heterocycles. The minimum atomic E-state index is -0.684. The second-order valence-electron chi connectivity index (χ2n) is 4.05. The van der Waals surface area contributed by atoms with Gasteiger partial charge in [0.2, 0.25) is 0 Å². The summed E-state index contributed by atoms with van der Waals surface area (Å²) in [4.78, 5) is 11.5. The molecule has 0 bridgehead atoms. The van der Waals surface area contributed by atoms with Crippen LogP contribution in [-0.2, 0) is 4.74 Å². The van der Waals surface area contributed by atoms with Crippen LogP contribution in [0.5, 0.6) is 5.75 Å². The molecule has 1 aromatic rings. The Morgan fingerprint density at radius 3 is 2.41 bits per heavy atom. The Balaban J connectivity index is 2.59. The Morgan fingerprint density at radius 2 is 1.94 bits per heavy atom. The van der Waals surface area contributed by atoms with E-state index in [-0.39, 0.29) is 0 Å². The molecule has 0 heterocycles. The summed E-state index contributed by atoms with van der Waals surface area (Å²) in [7, 11) is 1.59. The number of amides is 1. The highest BCUT2D eigenvalue weighted by Crippen LogP contribution is 2.16. The van der Waals surface area contributed by atoms with Gasteiger partial charge in [-0.25, -0.2) is 4.79 Å². The number of hydrogen-bond acceptors (Lipinski definition) is 3. The van der Waals surface area contributed by atoms with Crippen LogP contribution in [0.15, 0.2) is 36.9 Å². The van der Waals surface area contributed by atoms with Crippen molar-refractivity contribution >= 4 is 11.8 Å². The van der Waals surface area contributed by atoms with Gasteiger partial charge in [0.25, 0.3) is 0 Å². The number of ether oxygens (including phenoxy) is 2. The van der Waals surface area contributed by atoms with Crippen LogP contribution in [0.25, 0.3) is 0 Å². The fourth-order valence-corrected chi connectivity index (χ4v) is 1.10. The molecule has 0 aliphatic rings. The highest BCUT2D eigenvalue weighted by Gasteiger charge is 2.18. The molecule has 0 radical (unpaired) electrons. The Labute approximate surface area is 101 Å². The number of rotatable bonds is 4. The van der Waals surface area contributed by atoms with E-state index in [9.17, 15) is 4.79 Å². The van der Waals surface area contributed by atoms with E-state index in [0.29, 0.717) is 5.69 Å². The number of nitrogens with one attached hydrogen (secondary N) is 1. The molecule has 1 N–H and O–H groups in total. The van der Waals surface area contributed by atoms with Crippen LogP contribution < -0.4 is 10.1 Å². The summed E-state index contributed by atoms with van der Waals surface area (Å²) < 4.78 is 10.2. The monoisotopic (exact) mass is 235 g/mol. The van der Waals surface area contributed by atoms with E-state index in [1.165, 1.54) is 0 Å². The largest absolute Gasteiger partial charge is 0.497 e. The summed E-state index contributed by atoms with van der Waals surface area (Å²) in [6.07, 6.45) is 1.06. The third-order valence-corrected chi connectivity index (χ3v) is 2.18. The average molecular weight is 235 g/mol. The summed E-state index contributed by atoms with van der Waals surface area (Å²) in [5.41, 5.74) is -0.0352. The van der Waals surface area contributed by atoms with E-state index in [1.54, 1.807) is 51.3 Å². The molecule has 4 nitrogen and oxygen atoms in total. The van der Waals surface area contributed by atoms with Crippen LogP contribution in [0.3, 0.4) is 0 Å². The van der Waals surface area contributed by atoms with Crippen molar-refractivity contribution in [1.82, 2.24) is 0 Å². The van der Waals surface area contributed by atoms with E-state index >= 15 is 0 Å². The molecule has 0 aliphatic carbocycles. The van der Waals surface area contributed by atoms with Crippen LogP contribution in [0.1, 0.15) is 13.8 Å². The second kappa shape index (κ2) is 5.39. The molecule has 0 unspecified atom stereocenters. The number of carbonyl (C=O) groups excluding carboxylic acids is 1. The van der Waals surface area contributed by atoms with Crippen molar-refractivity contribution in [3.63, 3.8) is 0 Å². The average Bonchev–Trinajstić information content (AvgIpc) is 2.29. The molecule has 4 heteroatoms. The number of anilines is 1. The van der Waals surface area contributed by atoms with E-state index in [0.717, 1.165) is 5.75 Å². The minimum Gasteiger partial charge on any atom is -0.497 e. The molecule has 92 valence electrons. The normalized spacial score (nSPS) is 10.5. The van der Waals surface area contributed by atoms with Crippen molar-refractivity contribution < 1.29 is 14.3 Å². The van der Waals surface area contributed by atoms with Crippen LogP contribution in [-0.4, -0.2) is 18.8 Å². The smallest absolute Gasteiger partial charge is 0.412 e. The van der Waals surface area contributed by atoms with Gasteiger partial charge in [-0.2, -0.15) is 0 Å². The Kier molecular flexibility index (Phi) is 4.15. The molecule has 0 spiro atoms. The molecule has 0 aliphatic heterocycles. The minimum absolute atomic E-state index is 0.514. The van der Waals surface area contributed by atoms with Gasteiger partial charge in [0.15, 0.2) is 0 Å². The van der Waals surface area contributed by atoms with Gasteiger partial charge in [-0.1, -0.05) is 6.58 Å². The Hall–Kier alpha value is -1.97. The van der Waals surface area contributed by atoms with E-state index in [4.69, 9.17) is 9.47 Å². The van der Waals surface area contributed by atoms with Gasteiger partial charge in [-0.05, 0) is 44.2 Å². The summed E-state index contributed by atoms with van der Waals surface area (Å²) >= 11 is 0. The standard InChI is InChI=1S/C13H17NO3/c1-5-13(2,3)17-12(15)14-10-6-8-11(16-4)9-7-10/h5-9H,1H2,2-4H3,(H,14,15). The number of hydrogen-bond donors (Lipinski definition) is 1. The second-order valence-corrected chi connectivity index (χ2v) is 4.05. The highest BCUT2D eigenvalue weighted by molar-refractivity contribution is 5.85. The van der Waals surface area contributed by atoms with Crippen molar-refractivity contribution in [3.05, 3.63) is 36.9 Å². The maximum absolute atomic E-state index is 11.5. The molecule has 1 aromatic carbocycles. The predicted molar refractivity (Wildman–Crippen MR) is 67.4 cm³/mol. The summed E-state index contributed by atoms with van der Waals surface area (Å²) in [5, 5.41) is 2.62. The first-order chi connectivity index (χ1) is 7.96. The van der Waals surface area contributed by atoms with Crippen molar-refractivity contribution in [2.24, 2.45) is 0 Å². The maximum atomic E-state index is 11.5. The van der Waals surface area contributed by atoms with Gasteiger partial charge in [0.1, 0.15) is 11.4 Å². The van der Waals surface area contributed by atoms with E-state index < -0.39 is 11.7 Å². The molecule has 0 aromatic heterocycles. The highest BCUT2D eigenvalue weighted by atomic mass is 16.6. The zero-order valence-electron chi connectivity index (χ0n) is 10.3. The maximum Gasteiger partial charge on any atom is 0.412 e. The van der Waals surface area contributed by atoms with Crippen molar-refractivity contribution in [1.29, 1.82) is 0 Å². The zero-order valence-corrected chi connectivity index (χ0v) is 10.3. The molecule has 1 amide bonds. The first kappa shape index (κ1) is 13.1. The lowest BCUT2D eigenvalue weighted by Crippen LogP contribution is -2.28. The third kappa shape index (κ3) is 4.18. The quantitative estimate of drug-likeness (QED) is 0.815. The summed E-state index contributed by atoms with van der Waals surface area (Å²) in [5.74, 6) is 0.732. The molecular formula is C13H17NO3. The molecule has 1 rings (SSSR count). The van der Waals surface area contributed by atoms with Crippen LogP contribution in [0.2, 0.25) is 0 Å². The summed E-state index contributed by atoms with van der Waals surface area (Å²) in [6, 6.07) is 6.99. The van der Waals surface area contributed by atoms with Crippen LogP contribution >= 0.6 is 0 Å². The lowest BCUT2D eigenvalue weighted by molar-refractivity contribution is 0.0843. The number of benzene rings is 1. The number of carbonyl (C=O) groups is 1. The van der Waals surface area contributed by atoms with Gasteiger partial charge in [0.05, 0.1) is 7.11 Å². The first-order valence-corrected chi connectivity index (χ1v) is 5.24. The van der Waals surface area contributed by atoms with Gasteiger partial charge >= 0.3 is 6.09 Å². The Bertz CT molecular complexity index is 396. The van der Waals surface area contributed by atoms with Gasteiger partial charge in [-0.3, -0.25) is 5.32 Å². The number of methoxy groups -OCH3 is 1. The SMILES string of the molecule is C=CC(C)(C)OC(=O)Nc1ccc(OC)cc1. The van der Waals surface area contributed by atoms with Crippen molar-refractivity contribution in [2.45, 2.75) is 19.4 Å². The van der Waals surface area contributed by atoms with Gasteiger partial charge in [-0.15, -0.1) is 0 Å². The van der Waals surface area contributed by atoms with Crippen molar-refractivity contribution in [3.8, 4) is 5.75 Å². The van der Waals surface area contributed by atoms with Crippen molar-refractivity contribution in [2.75, 3.05) is 12.4 Å². The van der Waals surface area contributed by atoms with Gasteiger partial charge in [0, 0.05) is 5.69 Å². The zero-order chi connectivity index (χ0) is 12.9. The van der Waals surface area contributed by atoms with E-state index in [1.807, 2.05) is 0 Å². The lowest BCUT2D eigenvalue weighted by atomic mass is 10.1. The molecule has 17 heavy (non-hydrogen) atoms. The molecule has 0 atom stereocenters. The van der Waals surface area contributed by atoms with Gasteiger partial charge < -0.3 is 9.47 Å². The molecule has 0 fully saturated rings. The topological polar surface area (TPSA) is 47.6 Å². The summed E-state index contributed by atoms with van der Waals surface area (Å²) in [6.45, 7) is 7.11. The fourth-order valence-electron chi connectivity index (χ4n) is 1.10. The fraction of sp³-hybridized carbons (Fsp3) is 0.308. The third-order valence-electron chi connectivity index (χ3n) is 2.18. The van der Waals surface area contributed by atoms with E-state index in [2.05, 4.69) is 11.9 Å². The molecular weight excluding hydrogens is 218 g/mol. The van der Waals surface area contributed by atoms with Crippen LogP contribution in [0, 0.1) is 0 Å².